The van der Waals surface area contributed by atoms with Crippen molar-refractivity contribution in [1.82, 2.24) is 0 Å². The molecule has 4 atom stereocenters. The van der Waals surface area contributed by atoms with Gasteiger partial charge in [0, 0.05) is 17.2 Å². The molecule has 2 aromatic carbocycles. The maximum atomic E-state index is 14.3. The van der Waals surface area contributed by atoms with E-state index in [-0.39, 0.29) is 107 Å². The third kappa shape index (κ3) is 21.9. The second-order valence-corrected chi connectivity index (χ2v) is 14.8. The highest BCUT2D eigenvalue weighted by atomic mass is 19.2. The molecular formula is C57H110F6. The molecular weight excluding hydrogens is 799 g/mol. The van der Waals surface area contributed by atoms with Gasteiger partial charge in [0.25, 0.3) is 0 Å². The number of rotatable bonds is 12. The van der Waals surface area contributed by atoms with Gasteiger partial charge in [0.05, 0.1) is 0 Å². The Bertz CT molecular complexity index is 1560. The van der Waals surface area contributed by atoms with E-state index in [4.69, 9.17) is 0 Å². The molecule has 5 rings (SSSR count). The zero-order valence-electron chi connectivity index (χ0n) is 32.3. The summed E-state index contributed by atoms with van der Waals surface area (Å²) in [4.78, 5) is 0. The summed E-state index contributed by atoms with van der Waals surface area (Å²) in [5.74, 6) is -2.99. The van der Waals surface area contributed by atoms with Gasteiger partial charge in [-0.15, -0.1) is 0 Å². The Morgan fingerprint density at radius 2 is 1.02 bits per heavy atom. The molecule has 2 aromatic rings. The van der Waals surface area contributed by atoms with Gasteiger partial charge in [0.2, 0.25) is 0 Å². The maximum absolute atomic E-state index is 14.3. The molecule has 0 amide bonds. The number of benzene rings is 2. The first-order valence-corrected chi connectivity index (χ1v) is 19.9. The van der Waals surface area contributed by atoms with Crippen molar-refractivity contribution >= 4 is 10.8 Å². The maximum Gasteiger partial charge on any atom is 0.167 e. The second-order valence-electron chi connectivity index (χ2n) is 14.8. The molecule has 0 aromatic heterocycles. The Labute approximate surface area is 393 Å². The molecule has 0 saturated heterocycles. The van der Waals surface area contributed by atoms with E-state index in [9.17, 15) is 26.3 Å². The third-order valence-corrected chi connectivity index (χ3v) is 10.8. The number of fused-ring (bicyclic) bond motifs is 2. The summed E-state index contributed by atoms with van der Waals surface area (Å²) in [6, 6.07) is 5.74. The average Bonchev–Trinajstić information content (AvgIpc) is 3.11. The molecule has 63 heavy (non-hydrogen) atoms. The van der Waals surface area contributed by atoms with Crippen LogP contribution in [0.25, 0.3) is 10.8 Å². The summed E-state index contributed by atoms with van der Waals surface area (Å²) in [5, 5.41) is 1.25. The Morgan fingerprint density at radius 1 is 0.524 bits per heavy atom. The first-order valence-electron chi connectivity index (χ1n) is 19.9. The van der Waals surface area contributed by atoms with Gasteiger partial charge in [0.1, 0.15) is 11.7 Å². The molecule has 4 unspecified atom stereocenters. The normalized spacial score (nSPS) is 17.6. The smallest absolute Gasteiger partial charge is 0.167 e. The van der Waals surface area contributed by atoms with Crippen molar-refractivity contribution in [2.45, 2.75) is 240 Å². The molecule has 0 spiro atoms. The summed E-state index contributed by atoms with van der Waals surface area (Å²) in [6.45, 7) is 14.1. The van der Waals surface area contributed by atoms with Crippen LogP contribution in [0.15, 0.2) is 64.8 Å². The number of hydrogen-bond acceptors (Lipinski definition) is 0. The molecule has 0 N–H and O–H groups in total. The first kappa shape index (κ1) is 83.8. The van der Waals surface area contributed by atoms with Crippen LogP contribution in [0, 0.1) is 42.2 Å². The van der Waals surface area contributed by atoms with Crippen molar-refractivity contribution in [3.63, 3.8) is 0 Å². The van der Waals surface area contributed by atoms with E-state index in [1.165, 1.54) is 6.42 Å². The lowest BCUT2D eigenvalue weighted by atomic mass is 9.69. The van der Waals surface area contributed by atoms with Crippen molar-refractivity contribution in [3.8, 4) is 0 Å². The molecule has 1 saturated carbocycles. The minimum atomic E-state index is -0.684. The molecule has 6 heteroatoms. The van der Waals surface area contributed by atoms with Gasteiger partial charge in [-0.2, -0.15) is 0 Å². The lowest BCUT2D eigenvalue weighted by Gasteiger charge is -2.36. The van der Waals surface area contributed by atoms with Crippen molar-refractivity contribution in [2.24, 2.45) is 23.7 Å². The average molecular weight is 909 g/mol. The van der Waals surface area contributed by atoms with Crippen LogP contribution < -0.4 is 0 Å². The highest BCUT2D eigenvalue weighted by Gasteiger charge is 2.37. The molecule has 0 nitrogen and oxygen atoms in total. The zero-order chi connectivity index (χ0) is 37.7. The third-order valence-electron chi connectivity index (χ3n) is 10.8. The summed E-state index contributed by atoms with van der Waals surface area (Å²) in [7, 11) is 0. The monoisotopic (exact) mass is 909 g/mol. The van der Waals surface area contributed by atoms with Crippen LogP contribution in [0.1, 0.15) is 237 Å². The van der Waals surface area contributed by atoms with Gasteiger partial charge < -0.3 is 0 Å². The zero-order valence-corrected chi connectivity index (χ0v) is 32.3. The molecule has 0 heterocycles. The van der Waals surface area contributed by atoms with Crippen LogP contribution in [0.4, 0.5) is 26.3 Å². The van der Waals surface area contributed by atoms with E-state index in [1.807, 2.05) is 58.9 Å². The van der Waals surface area contributed by atoms with Crippen molar-refractivity contribution in [3.05, 3.63) is 93.1 Å². The highest BCUT2D eigenvalue weighted by Crippen LogP contribution is 2.47. The largest absolute Gasteiger partial charge is 0.208 e. The van der Waals surface area contributed by atoms with Gasteiger partial charge in [-0.05, 0) is 116 Å². The van der Waals surface area contributed by atoms with Gasteiger partial charge in [-0.3, -0.25) is 0 Å². The SMILES string of the molecule is C.C.C.C.C.C.C.C.C.C.C.C.CCCC1=CC2CCC(CCC)CC2C(F)=C1F.CCCC1=CCC(CCC)C(F)=C1F.CCCc1cc2ccc(CCC)c(C)c2c(F)c1F. The van der Waals surface area contributed by atoms with Crippen LogP contribution in [-0.4, -0.2) is 0 Å². The van der Waals surface area contributed by atoms with Crippen molar-refractivity contribution < 1.29 is 26.3 Å². The summed E-state index contributed by atoms with van der Waals surface area (Å²) < 4.78 is 83.3. The minimum Gasteiger partial charge on any atom is -0.208 e. The molecule has 0 radical (unpaired) electrons. The molecule has 380 valence electrons. The van der Waals surface area contributed by atoms with E-state index in [1.54, 1.807) is 6.07 Å². The molecule has 1 fully saturated rings. The van der Waals surface area contributed by atoms with E-state index in [2.05, 4.69) is 13.8 Å². The topological polar surface area (TPSA) is 0 Å². The Kier molecular flexibility index (Phi) is 55.7. The number of hydrogen-bond donors (Lipinski definition) is 0. The van der Waals surface area contributed by atoms with Gasteiger partial charge in [-0.1, -0.05) is 200 Å². The van der Waals surface area contributed by atoms with Gasteiger partial charge in [-0.25, -0.2) is 26.3 Å². The van der Waals surface area contributed by atoms with Crippen molar-refractivity contribution in [1.29, 1.82) is 0 Å². The van der Waals surface area contributed by atoms with Gasteiger partial charge >= 0.3 is 0 Å². The van der Waals surface area contributed by atoms with Crippen LogP contribution >= 0.6 is 0 Å². The highest BCUT2D eigenvalue weighted by molar-refractivity contribution is 5.88. The van der Waals surface area contributed by atoms with E-state index >= 15 is 0 Å². The van der Waals surface area contributed by atoms with Crippen molar-refractivity contribution in [2.75, 3.05) is 0 Å². The number of aryl methyl sites for hydroxylation is 3. The Balaban J connectivity index is -0.0000000770. The van der Waals surface area contributed by atoms with E-state index < -0.39 is 34.9 Å². The Morgan fingerprint density at radius 3 is 1.52 bits per heavy atom. The van der Waals surface area contributed by atoms with Crippen LogP contribution in [-0.2, 0) is 12.8 Å². The molecule has 0 aliphatic heterocycles. The summed E-state index contributed by atoms with van der Waals surface area (Å²) >= 11 is 0. The summed E-state index contributed by atoms with van der Waals surface area (Å²) in [6.07, 6.45) is 17.9. The van der Waals surface area contributed by atoms with Gasteiger partial charge in [0.15, 0.2) is 23.3 Å². The predicted octanol–water partition coefficient (Wildman–Crippen LogP) is 23.4. The molecule has 3 aliphatic carbocycles. The van der Waals surface area contributed by atoms with Crippen LogP contribution in [0.2, 0.25) is 0 Å². The predicted molar refractivity (Wildman–Crippen MR) is 284 cm³/mol. The lowest BCUT2D eigenvalue weighted by molar-refractivity contribution is 0.196. The fraction of sp³-hybridized carbons (Fsp3) is 0.684. The minimum absolute atomic E-state index is 0. The fourth-order valence-electron chi connectivity index (χ4n) is 8.12. The fourth-order valence-corrected chi connectivity index (χ4v) is 8.12. The Hall–Kier alpha value is -2.76. The van der Waals surface area contributed by atoms with E-state index in [0.29, 0.717) is 53.7 Å². The lowest BCUT2D eigenvalue weighted by Crippen LogP contribution is -2.27. The van der Waals surface area contributed by atoms with Crippen LogP contribution in [0.5, 0.6) is 0 Å². The molecule has 3 aliphatic rings. The molecule has 0 bridgehead atoms. The summed E-state index contributed by atoms with van der Waals surface area (Å²) in [5.41, 5.74) is 3.65. The van der Waals surface area contributed by atoms with E-state index in [0.717, 1.165) is 87.1 Å². The number of halogens is 6. The first-order chi connectivity index (χ1) is 24.5. The standard InChI is InChI=1S/C17H20F2.C16H24F2.C12H18F2.12CH4/c1-4-6-12-8-9-13-10-14(7-5-2)16(18)17(19)15(13)11(12)3;1-3-5-11-7-8-12-10-13(6-4-2)15(17)16(18)14(12)9-11;1-3-5-9-7-8-10(6-4-2)12(14)11(9)13;;;;;;;;;;;;/h8-10H,4-7H2,1-3H3;10-12,14H,3-9H2,1-2H3;7,10H,3-6,8H2,1-2H3;12*1H4. The van der Waals surface area contributed by atoms with Crippen LogP contribution in [0.3, 0.4) is 0 Å². The second kappa shape index (κ2) is 41.9. The number of allylic oxidation sites excluding steroid dienone is 8. The quantitative estimate of drug-likeness (QED) is 0.186.